The van der Waals surface area contributed by atoms with Crippen molar-refractivity contribution < 1.29 is 8.42 Å². The van der Waals surface area contributed by atoms with E-state index < -0.39 is 10.0 Å². The fourth-order valence-electron chi connectivity index (χ4n) is 1.74. The van der Waals surface area contributed by atoms with Gasteiger partial charge in [0, 0.05) is 19.1 Å². The Hall–Kier alpha value is -0.130. The maximum atomic E-state index is 11.8. The molecule has 0 aliphatic carbocycles. The SMILES string of the molecule is CC(C)NCCCS(=O)(=O)N1CCCC1. The first-order chi connectivity index (χ1) is 7.02. The molecule has 0 aromatic heterocycles. The Labute approximate surface area is 93.1 Å². The van der Waals surface area contributed by atoms with Gasteiger partial charge in [0.15, 0.2) is 0 Å². The van der Waals surface area contributed by atoms with E-state index in [9.17, 15) is 8.42 Å². The van der Waals surface area contributed by atoms with Crippen molar-refractivity contribution in [3.8, 4) is 0 Å². The molecule has 0 radical (unpaired) electrons. The van der Waals surface area contributed by atoms with Gasteiger partial charge >= 0.3 is 0 Å². The molecular weight excluding hydrogens is 212 g/mol. The fourth-order valence-corrected chi connectivity index (χ4v) is 3.32. The minimum absolute atomic E-state index is 0.284. The van der Waals surface area contributed by atoms with E-state index in [4.69, 9.17) is 0 Å². The topological polar surface area (TPSA) is 49.4 Å². The molecule has 0 saturated carbocycles. The van der Waals surface area contributed by atoms with Crippen molar-refractivity contribution in [1.82, 2.24) is 9.62 Å². The Kier molecular flexibility index (Phi) is 5.02. The summed E-state index contributed by atoms with van der Waals surface area (Å²) in [6.45, 7) is 6.36. The quantitative estimate of drug-likeness (QED) is 0.692. The van der Waals surface area contributed by atoms with Gasteiger partial charge in [-0.15, -0.1) is 0 Å². The lowest BCUT2D eigenvalue weighted by atomic mass is 10.4. The molecule has 0 amide bonds. The summed E-state index contributed by atoms with van der Waals surface area (Å²) in [4.78, 5) is 0. The highest BCUT2D eigenvalue weighted by Crippen LogP contribution is 2.13. The second-order valence-electron chi connectivity index (χ2n) is 4.38. The molecule has 1 heterocycles. The molecule has 0 atom stereocenters. The lowest BCUT2D eigenvalue weighted by molar-refractivity contribution is 0.473. The average molecular weight is 234 g/mol. The molecule has 5 heteroatoms. The zero-order chi connectivity index (χ0) is 11.3. The maximum Gasteiger partial charge on any atom is 0.214 e. The molecule has 1 N–H and O–H groups in total. The molecule has 15 heavy (non-hydrogen) atoms. The zero-order valence-corrected chi connectivity index (χ0v) is 10.5. The number of sulfonamides is 1. The van der Waals surface area contributed by atoms with Crippen molar-refractivity contribution in [2.75, 3.05) is 25.4 Å². The van der Waals surface area contributed by atoms with Gasteiger partial charge in [-0.3, -0.25) is 0 Å². The average Bonchev–Trinajstić information content (AvgIpc) is 2.65. The third-order valence-corrected chi connectivity index (χ3v) is 4.55. The highest BCUT2D eigenvalue weighted by Gasteiger charge is 2.24. The van der Waals surface area contributed by atoms with Gasteiger partial charge in [-0.25, -0.2) is 12.7 Å². The first kappa shape index (κ1) is 12.9. The minimum Gasteiger partial charge on any atom is -0.314 e. The van der Waals surface area contributed by atoms with Crippen LogP contribution < -0.4 is 5.32 Å². The highest BCUT2D eigenvalue weighted by molar-refractivity contribution is 7.89. The number of rotatable bonds is 6. The molecule has 1 fully saturated rings. The minimum atomic E-state index is -2.96. The van der Waals surface area contributed by atoms with Crippen molar-refractivity contribution >= 4 is 10.0 Å². The fraction of sp³-hybridized carbons (Fsp3) is 1.00. The van der Waals surface area contributed by atoms with E-state index in [2.05, 4.69) is 19.2 Å². The largest absolute Gasteiger partial charge is 0.314 e. The molecule has 1 saturated heterocycles. The van der Waals surface area contributed by atoms with Crippen LogP contribution in [0.15, 0.2) is 0 Å². The van der Waals surface area contributed by atoms with Crippen LogP contribution in [0, 0.1) is 0 Å². The summed E-state index contributed by atoms with van der Waals surface area (Å²) in [7, 11) is -2.96. The summed E-state index contributed by atoms with van der Waals surface area (Å²) in [6.07, 6.45) is 2.74. The van der Waals surface area contributed by atoms with Crippen LogP contribution in [-0.2, 0) is 10.0 Å². The predicted molar refractivity (Wildman–Crippen MR) is 62.3 cm³/mol. The number of nitrogens with one attached hydrogen (secondary N) is 1. The van der Waals surface area contributed by atoms with Crippen LogP contribution in [0.5, 0.6) is 0 Å². The van der Waals surface area contributed by atoms with Crippen LogP contribution in [0.25, 0.3) is 0 Å². The zero-order valence-electron chi connectivity index (χ0n) is 9.70. The van der Waals surface area contributed by atoms with Crippen molar-refractivity contribution in [2.45, 2.75) is 39.2 Å². The Morgan fingerprint density at radius 2 is 1.87 bits per heavy atom. The lowest BCUT2D eigenvalue weighted by Gasteiger charge is -2.15. The lowest BCUT2D eigenvalue weighted by Crippen LogP contribution is -2.32. The van der Waals surface area contributed by atoms with E-state index >= 15 is 0 Å². The summed E-state index contributed by atoms with van der Waals surface area (Å²) >= 11 is 0. The predicted octanol–water partition coefficient (Wildman–Crippen LogP) is 0.800. The summed E-state index contributed by atoms with van der Waals surface area (Å²) in [5, 5.41) is 3.23. The van der Waals surface area contributed by atoms with Crippen LogP contribution in [0.4, 0.5) is 0 Å². The maximum absolute atomic E-state index is 11.8. The van der Waals surface area contributed by atoms with Crippen LogP contribution in [0.1, 0.15) is 33.1 Å². The number of hydrogen-bond acceptors (Lipinski definition) is 3. The second kappa shape index (κ2) is 5.82. The third-order valence-electron chi connectivity index (χ3n) is 2.59. The molecule has 0 spiro atoms. The molecule has 1 rings (SSSR count). The Balaban J connectivity index is 2.24. The molecule has 4 nitrogen and oxygen atoms in total. The van der Waals surface area contributed by atoms with Gasteiger partial charge in [-0.05, 0) is 25.8 Å². The Morgan fingerprint density at radius 1 is 1.27 bits per heavy atom. The molecule has 0 aromatic carbocycles. The summed E-state index contributed by atoms with van der Waals surface area (Å²) < 4.78 is 25.2. The van der Waals surface area contributed by atoms with E-state index in [0.29, 0.717) is 12.5 Å². The third kappa shape index (κ3) is 4.49. The van der Waals surface area contributed by atoms with E-state index in [1.807, 2.05) is 0 Å². The summed E-state index contributed by atoms with van der Waals surface area (Å²) in [6, 6.07) is 0.430. The summed E-state index contributed by atoms with van der Waals surface area (Å²) in [5.41, 5.74) is 0. The van der Waals surface area contributed by atoms with Crippen molar-refractivity contribution in [2.24, 2.45) is 0 Å². The Bertz CT molecular complexity index is 269. The van der Waals surface area contributed by atoms with Gasteiger partial charge in [0.2, 0.25) is 10.0 Å². The standard InChI is InChI=1S/C10H22N2O2S/c1-10(2)11-6-5-9-15(13,14)12-7-3-4-8-12/h10-11H,3-9H2,1-2H3. The molecule has 0 unspecified atom stereocenters. The number of hydrogen-bond donors (Lipinski definition) is 1. The molecule has 1 aliphatic rings. The second-order valence-corrected chi connectivity index (χ2v) is 6.47. The van der Waals surface area contributed by atoms with Gasteiger partial charge in [0.1, 0.15) is 0 Å². The van der Waals surface area contributed by atoms with Gasteiger partial charge in [-0.1, -0.05) is 13.8 Å². The molecular formula is C10H22N2O2S. The van der Waals surface area contributed by atoms with Crippen molar-refractivity contribution in [1.29, 1.82) is 0 Å². The van der Waals surface area contributed by atoms with Gasteiger partial charge in [0.05, 0.1) is 5.75 Å². The first-order valence-corrected chi connectivity index (χ1v) is 7.34. The molecule has 1 aliphatic heterocycles. The van der Waals surface area contributed by atoms with E-state index in [1.54, 1.807) is 4.31 Å². The Morgan fingerprint density at radius 3 is 2.40 bits per heavy atom. The smallest absolute Gasteiger partial charge is 0.214 e. The van der Waals surface area contributed by atoms with Crippen LogP contribution in [0.3, 0.4) is 0 Å². The molecule has 0 bridgehead atoms. The van der Waals surface area contributed by atoms with E-state index in [1.165, 1.54) is 0 Å². The molecule has 0 aromatic rings. The van der Waals surface area contributed by atoms with Crippen LogP contribution >= 0.6 is 0 Å². The van der Waals surface area contributed by atoms with Gasteiger partial charge in [0.25, 0.3) is 0 Å². The van der Waals surface area contributed by atoms with Crippen molar-refractivity contribution in [3.63, 3.8) is 0 Å². The van der Waals surface area contributed by atoms with Crippen LogP contribution in [0.2, 0.25) is 0 Å². The van der Waals surface area contributed by atoms with E-state index in [0.717, 1.165) is 32.5 Å². The van der Waals surface area contributed by atoms with Crippen LogP contribution in [-0.4, -0.2) is 44.2 Å². The van der Waals surface area contributed by atoms with Gasteiger partial charge in [-0.2, -0.15) is 0 Å². The van der Waals surface area contributed by atoms with Crippen molar-refractivity contribution in [3.05, 3.63) is 0 Å². The monoisotopic (exact) mass is 234 g/mol. The summed E-state index contributed by atoms with van der Waals surface area (Å²) in [5.74, 6) is 0.284. The van der Waals surface area contributed by atoms with Gasteiger partial charge < -0.3 is 5.32 Å². The first-order valence-electron chi connectivity index (χ1n) is 5.73. The van der Waals surface area contributed by atoms with E-state index in [-0.39, 0.29) is 5.75 Å². The highest BCUT2D eigenvalue weighted by atomic mass is 32.2. The number of nitrogens with zero attached hydrogens (tertiary/aromatic N) is 1. The normalized spacial score (nSPS) is 18.9. The molecule has 90 valence electrons.